The highest BCUT2D eigenvalue weighted by Crippen LogP contribution is 2.23. The number of carbonyl (C=O) groups is 1. The highest BCUT2D eigenvalue weighted by atomic mass is 32.1. The van der Waals surface area contributed by atoms with Crippen LogP contribution in [0.2, 0.25) is 0 Å². The molecule has 1 aromatic heterocycles. The number of hydrogen-bond acceptors (Lipinski definition) is 4. The molecule has 0 aliphatic carbocycles. The van der Waals surface area contributed by atoms with Gasteiger partial charge in [-0.05, 0) is 36.6 Å². The molecule has 1 unspecified atom stereocenters. The number of nitrogens with one attached hydrogen (secondary N) is 1. The number of benzene rings is 1. The van der Waals surface area contributed by atoms with Gasteiger partial charge in [-0.3, -0.25) is 10.1 Å². The van der Waals surface area contributed by atoms with Crippen LogP contribution in [0.4, 0.5) is 4.39 Å². The second-order valence-corrected chi connectivity index (χ2v) is 6.41. The first-order valence-electron chi connectivity index (χ1n) is 7.12. The summed E-state index contributed by atoms with van der Waals surface area (Å²) in [7, 11) is 0. The van der Waals surface area contributed by atoms with Crippen molar-refractivity contribution in [2.24, 2.45) is 5.92 Å². The number of halogens is 1. The monoisotopic (exact) mass is 322 g/mol. The summed E-state index contributed by atoms with van der Waals surface area (Å²) >= 11 is 1.46. The summed E-state index contributed by atoms with van der Waals surface area (Å²) in [5.74, 6) is -0.818. The molecule has 2 rings (SSSR count). The lowest BCUT2D eigenvalue weighted by Crippen LogP contribution is -2.37. The quantitative estimate of drug-likeness (QED) is 0.818. The molecule has 6 heteroatoms. The summed E-state index contributed by atoms with van der Waals surface area (Å²) in [5, 5.41) is 14.9. The van der Waals surface area contributed by atoms with Crippen LogP contribution >= 0.6 is 11.3 Å². The first-order valence-corrected chi connectivity index (χ1v) is 8.00. The minimum atomic E-state index is -0.845. The van der Waals surface area contributed by atoms with Crippen LogP contribution in [0.1, 0.15) is 26.0 Å². The standard InChI is InChI=1S/C16H19FN2O2S/c1-10(2)7-14(16(20)21)18-8-13-9-22-15(19-13)11-3-5-12(17)6-4-11/h3-6,9-10,14,18H,7-8H2,1-2H3,(H,20,21). The predicted molar refractivity (Wildman–Crippen MR) is 85.2 cm³/mol. The number of carboxylic acids is 1. The summed E-state index contributed by atoms with van der Waals surface area (Å²) in [6.45, 7) is 4.39. The average molecular weight is 322 g/mol. The molecule has 1 heterocycles. The van der Waals surface area contributed by atoms with Crippen LogP contribution in [0.3, 0.4) is 0 Å². The number of carboxylic acid groups (broad SMARTS) is 1. The molecular formula is C16H19FN2O2S. The molecule has 0 saturated heterocycles. The van der Waals surface area contributed by atoms with Crippen molar-refractivity contribution in [3.63, 3.8) is 0 Å². The first-order chi connectivity index (χ1) is 10.5. The lowest BCUT2D eigenvalue weighted by atomic mass is 10.0. The van der Waals surface area contributed by atoms with Crippen LogP contribution in [0, 0.1) is 11.7 Å². The summed E-state index contributed by atoms with van der Waals surface area (Å²) in [5.41, 5.74) is 1.65. The van der Waals surface area contributed by atoms with E-state index in [0.717, 1.165) is 16.3 Å². The van der Waals surface area contributed by atoms with Gasteiger partial charge in [-0.1, -0.05) is 13.8 Å². The van der Waals surface area contributed by atoms with Crippen molar-refractivity contribution in [1.82, 2.24) is 10.3 Å². The van der Waals surface area contributed by atoms with Gasteiger partial charge < -0.3 is 5.11 Å². The zero-order valence-electron chi connectivity index (χ0n) is 12.5. The Labute approximate surface area is 133 Å². The van der Waals surface area contributed by atoms with Crippen LogP contribution in [0.5, 0.6) is 0 Å². The second-order valence-electron chi connectivity index (χ2n) is 5.55. The van der Waals surface area contributed by atoms with Gasteiger partial charge in [0.15, 0.2) is 0 Å². The topological polar surface area (TPSA) is 62.2 Å². The SMILES string of the molecule is CC(C)CC(NCc1csc(-c2ccc(F)cc2)n1)C(=O)O. The zero-order valence-corrected chi connectivity index (χ0v) is 13.4. The third-order valence-electron chi connectivity index (χ3n) is 3.18. The highest BCUT2D eigenvalue weighted by molar-refractivity contribution is 7.13. The van der Waals surface area contributed by atoms with Gasteiger partial charge in [0.05, 0.1) is 5.69 Å². The Kier molecular flexibility index (Phi) is 5.63. The van der Waals surface area contributed by atoms with E-state index in [4.69, 9.17) is 0 Å². The number of thiazole rings is 1. The lowest BCUT2D eigenvalue weighted by molar-refractivity contribution is -0.140. The van der Waals surface area contributed by atoms with Gasteiger partial charge in [-0.2, -0.15) is 0 Å². The van der Waals surface area contributed by atoms with Crippen molar-refractivity contribution in [3.8, 4) is 10.6 Å². The number of rotatable bonds is 7. The van der Waals surface area contributed by atoms with E-state index in [9.17, 15) is 14.3 Å². The summed E-state index contributed by atoms with van der Waals surface area (Å²) in [6.07, 6.45) is 0.574. The molecule has 1 atom stereocenters. The van der Waals surface area contributed by atoms with Crippen LogP contribution in [0.25, 0.3) is 10.6 Å². The van der Waals surface area contributed by atoms with Crippen molar-refractivity contribution in [2.75, 3.05) is 0 Å². The van der Waals surface area contributed by atoms with Gasteiger partial charge in [0.1, 0.15) is 16.9 Å². The number of aromatic nitrogens is 1. The van der Waals surface area contributed by atoms with E-state index >= 15 is 0 Å². The van der Waals surface area contributed by atoms with E-state index in [1.54, 1.807) is 12.1 Å². The summed E-state index contributed by atoms with van der Waals surface area (Å²) in [4.78, 5) is 15.7. The molecule has 0 aliphatic rings. The van der Waals surface area contributed by atoms with E-state index in [0.29, 0.717) is 18.9 Å². The van der Waals surface area contributed by atoms with Gasteiger partial charge in [-0.15, -0.1) is 11.3 Å². The number of nitrogens with zero attached hydrogens (tertiary/aromatic N) is 1. The minimum Gasteiger partial charge on any atom is -0.480 e. The van der Waals surface area contributed by atoms with Gasteiger partial charge in [0.25, 0.3) is 0 Å². The third-order valence-corrected chi connectivity index (χ3v) is 4.12. The summed E-state index contributed by atoms with van der Waals surface area (Å²) < 4.78 is 12.9. The van der Waals surface area contributed by atoms with Crippen LogP contribution in [-0.2, 0) is 11.3 Å². The van der Waals surface area contributed by atoms with Gasteiger partial charge >= 0.3 is 5.97 Å². The van der Waals surface area contributed by atoms with E-state index in [1.807, 2.05) is 19.2 Å². The van der Waals surface area contributed by atoms with Crippen molar-refractivity contribution in [1.29, 1.82) is 0 Å². The van der Waals surface area contributed by atoms with Crippen molar-refractivity contribution >= 4 is 17.3 Å². The molecule has 0 bridgehead atoms. The molecule has 0 spiro atoms. The van der Waals surface area contributed by atoms with Crippen LogP contribution in [-0.4, -0.2) is 22.1 Å². The molecule has 4 nitrogen and oxygen atoms in total. The zero-order chi connectivity index (χ0) is 16.1. The Hall–Kier alpha value is -1.79. The Morgan fingerprint density at radius 2 is 2.05 bits per heavy atom. The van der Waals surface area contributed by atoms with Crippen molar-refractivity contribution in [2.45, 2.75) is 32.9 Å². The minimum absolute atomic E-state index is 0.278. The largest absolute Gasteiger partial charge is 0.480 e. The second kappa shape index (κ2) is 7.47. The fraction of sp³-hybridized carbons (Fsp3) is 0.375. The molecule has 2 N–H and O–H groups in total. The van der Waals surface area contributed by atoms with Crippen LogP contribution < -0.4 is 5.32 Å². The van der Waals surface area contributed by atoms with E-state index in [-0.39, 0.29) is 5.82 Å². The average Bonchev–Trinajstić information content (AvgIpc) is 2.92. The Balaban J connectivity index is 1.99. The Morgan fingerprint density at radius 3 is 2.64 bits per heavy atom. The molecule has 22 heavy (non-hydrogen) atoms. The highest BCUT2D eigenvalue weighted by Gasteiger charge is 2.18. The Morgan fingerprint density at radius 1 is 1.36 bits per heavy atom. The molecule has 118 valence electrons. The number of aliphatic carboxylic acids is 1. The molecule has 1 aromatic carbocycles. The van der Waals surface area contributed by atoms with Crippen molar-refractivity contribution < 1.29 is 14.3 Å². The molecule has 0 saturated carbocycles. The molecule has 0 aliphatic heterocycles. The maximum atomic E-state index is 12.9. The normalized spacial score (nSPS) is 12.5. The third kappa shape index (κ3) is 4.61. The molecular weight excluding hydrogens is 303 g/mol. The molecule has 0 fully saturated rings. The molecule has 0 amide bonds. The fourth-order valence-electron chi connectivity index (χ4n) is 2.08. The predicted octanol–water partition coefficient (Wildman–Crippen LogP) is 3.54. The smallest absolute Gasteiger partial charge is 0.320 e. The van der Waals surface area contributed by atoms with E-state index < -0.39 is 12.0 Å². The maximum absolute atomic E-state index is 12.9. The Bertz CT molecular complexity index is 625. The molecule has 0 radical (unpaired) electrons. The lowest BCUT2D eigenvalue weighted by Gasteiger charge is -2.15. The molecule has 2 aromatic rings. The summed E-state index contributed by atoms with van der Waals surface area (Å²) in [6, 6.07) is 5.60. The van der Waals surface area contributed by atoms with Gasteiger partial charge in [0.2, 0.25) is 0 Å². The van der Waals surface area contributed by atoms with E-state index in [1.165, 1.54) is 23.5 Å². The maximum Gasteiger partial charge on any atom is 0.320 e. The number of hydrogen-bond donors (Lipinski definition) is 2. The van der Waals surface area contributed by atoms with Gasteiger partial charge in [-0.25, -0.2) is 9.37 Å². The first kappa shape index (κ1) is 16.6. The van der Waals surface area contributed by atoms with Gasteiger partial charge in [0, 0.05) is 17.5 Å². The van der Waals surface area contributed by atoms with E-state index in [2.05, 4.69) is 10.3 Å². The van der Waals surface area contributed by atoms with Crippen LogP contribution in [0.15, 0.2) is 29.6 Å². The van der Waals surface area contributed by atoms with Crippen molar-refractivity contribution in [3.05, 3.63) is 41.2 Å². The fourth-order valence-corrected chi connectivity index (χ4v) is 2.91.